The molecular weight excluding hydrogens is 369 g/mol. The van der Waals surface area contributed by atoms with Crippen LogP contribution in [0, 0.1) is 42.9 Å². The molecule has 0 saturated heterocycles. The normalized spacial score (nSPS) is 10.9. The standard InChI is InChI=1S/C18H12F5N3O/c1-8-11(9(2)26(25-8)10-6-4-3-5-7-10)18(27)24-17-15(22)13(20)12(19)14(21)16(17)23/h3-7H,1-2H3,(H,24,27). The van der Waals surface area contributed by atoms with Gasteiger partial charge in [-0.3, -0.25) is 4.79 Å². The number of aromatic nitrogens is 2. The number of halogens is 5. The van der Waals surface area contributed by atoms with Crippen LogP contribution in [0.5, 0.6) is 0 Å². The fourth-order valence-corrected chi connectivity index (χ4v) is 2.68. The molecule has 9 heteroatoms. The van der Waals surface area contributed by atoms with E-state index in [0.717, 1.165) is 0 Å². The highest BCUT2D eigenvalue weighted by Gasteiger charge is 2.28. The smallest absolute Gasteiger partial charge is 0.259 e. The van der Waals surface area contributed by atoms with E-state index in [9.17, 15) is 26.7 Å². The van der Waals surface area contributed by atoms with Crippen molar-refractivity contribution < 1.29 is 26.7 Å². The van der Waals surface area contributed by atoms with Crippen molar-refractivity contribution in [2.75, 3.05) is 5.32 Å². The Bertz CT molecular complexity index is 1020. The number of amides is 1. The van der Waals surface area contributed by atoms with E-state index >= 15 is 0 Å². The summed E-state index contributed by atoms with van der Waals surface area (Å²) in [5.74, 6) is -11.9. The molecule has 0 saturated carbocycles. The molecule has 2 aromatic carbocycles. The molecule has 4 nitrogen and oxygen atoms in total. The fraction of sp³-hybridized carbons (Fsp3) is 0.111. The van der Waals surface area contributed by atoms with E-state index in [0.29, 0.717) is 11.4 Å². The average Bonchev–Trinajstić information content (AvgIpc) is 2.97. The zero-order chi connectivity index (χ0) is 19.9. The van der Waals surface area contributed by atoms with Gasteiger partial charge in [0.2, 0.25) is 5.82 Å². The minimum atomic E-state index is -2.30. The molecule has 0 aliphatic rings. The molecule has 0 aliphatic carbocycles. The van der Waals surface area contributed by atoms with Gasteiger partial charge in [-0.15, -0.1) is 0 Å². The molecule has 0 unspecified atom stereocenters. The van der Waals surface area contributed by atoms with Gasteiger partial charge in [0.15, 0.2) is 23.3 Å². The summed E-state index contributed by atoms with van der Waals surface area (Å²) in [5.41, 5.74) is -0.267. The second-order valence-electron chi connectivity index (χ2n) is 5.69. The van der Waals surface area contributed by atoms with Crippen LogP contribution < -0.4 is 5.32 Å². The second kappa shape index (κ2) is 6.82. The summed E-state index contributed by atoms with van der Waals surface area (Å²) in [6.45, 7) is 3.03. The molecule has 0 spiro atoms. The van der Waals surface area contributed by atoms with Gasteiger partial charge in [-0.2, -0.15) is 5.10 Å². The van der Waals surface area contributed by atoms with Gasteiger partial charge >= 0.3 is 0 Å². The highest BCUT2D eigenvalue weighted by Crippen LogP contribution is 2.28. The Hall–Kier alpha value is -3.23. The Morgan fingerprint density at radius 3 is 1.96 bits per heavy atom. The summed E-state index contributed by atoms with van der Waals surface area (Å²) in [6.07, 6.45) is 0. The maximum absolute atomic E-state index is 13.8. The first-order valence-electron chi connectivity index (χ1n) is 7.68. The Morgan fingerprint density at radius 2 is 1.41 bits per heavy atom. The van der Waals surface area contributed by atoms with E-state index in [1.165, 1.54) is 11.6 Å². The van der Waals surface area contributed by atoms with E-state index < -0.39 is 40.7 Å². The lowest BCUT2D eigenvalue weighted by Gasteiger charge is -2.10. The topological polar surface area (TPSA) is 46.9 Å². The Morgan fingerprint density at radius 1 is 0.889 bits per heavy atom. The Labute approximate surface area is 150 Å². The zero-order valence-electron chi connectivity index (χ0n) is 14.1. The zero-order valence-corrected chi connectivity index (χ0v) is 14.1. The van der Waals surface area contributed by atoms with E-state index in [2.05, 4.69) is 5.10 Å². The first-order valence-corrected chi connectivity index (χ1v) is 7.68. The quantitative estimate of drug-likeness (QED) is 0.414. The molecule has 0 bridgehead atoms. The van der Waals surface area contributed by atoms with Crippen molar-refractivity contribution in [1.29, 1.82) is 0 Å². The van der Waals surface area contributed by atoms with Gasteiger partial charge in [0, 0.05) is 0 Å². The van der Waals surface area contributed by atoms with Crippen LogP contribution in [0.25, 0.3) is 5.69 Å². The number of hydrogen-bond donors (Lipinski definition) is 1. The monoisotopic (exact) mass is 381 g/mol. The molecule has 1 heterocycles. The SMILES string of the molecule is Cc1nn(-c2ccccc2)c(C)c1C(=O)Nc1c(F)c(F)c(F)c(F)c1F. The summed E-state index contributed by atoms with van der Waals surface area (Å²) >= 11 is 0. The number of para-hydroxylation sites is 1. The van der Waals surface area contributed by atoms with Gasteiger partial charge in [-0.1, -0.05) is 18.2 Å². The minimum Gasteiger partial charge on any atom is -0.317 e. The van der Waals surface area contributed by atoms with Crippen LogP contribution >= 0.6 is 0 Å². The number of rotatable bonds is 3. The van der Waals surface area contributed by atoms with Gasteiger partial charge in [0.05, 0.1) is 22.6 Å². The lowest BCUT2D eigenvalue weighted by molar-refractivity contribution is 0.102. The summed E-state index contributed by atoms with van der Waals surface area (Å²) in [5, 5.41) is 5.96. The predicted octanol–water partition coefficient (Wildman–Crippen LogP) is 4.44. The number of carbonyl (C=O) groups excluding carboxylic acids is 1. The van der Waals surface area contributed by atoms with Crippen LogP contribution in [0.1, 0.15) is 21.7 Å². The van der Waals surface area contributed by atoms with Gasteiger partial charge in [-0.05, 0) is 26.0 Å². The first kappa shape index (κ1) is 18.6. The van der Waals surface area contributed by atoms with Gasteiger partial charge in [0.25, 0.3) is 5.91 Å². The molecule has 3 rings (SSSR count). The van der Waals surface area contributed by atoms with Crippen molar-refractivity contribution in [3.63, 3.8) is 0 Å². The Kier molecular flexibility index (Phi) is 4.69. The third-order valence-electron chi connectivity index (χ3n) is 3.97. The molecule has 1 N–H and O–H groups in total. The maximum Gasteiger partial charge on any atom is 0.259 e. The molecule has 0 aliphatic heterocycles. The summed E-state index contributed by atoms with van der Waals surface area (Å²) in [7, 11) is 0. The summed E-state index contributed by atoms with van der Waals surface area (Å²) in [4.78, 5) is 12.5. The number of anilines is 1. The van der Waals surface area contributed by atoms with E-state index in [1.54, 1.807) is 42.6 Å². The fourth-order valence-electron chi connectivity index (χ4n) is 2.68. The van der Waals surface area contributed by atoms with Crippen LogP contribution in [0.3, 0.4) is 0 Å². The number of aryl methyl sites for hydroxylation is 1. The molecule has 0 fully saturated rings. The minimum absolute atomic E-state index is 0.0391. The van der Waals surface area contributed by atoms with Crippen molar-refractivity contribution in [2.45, 2.75) is 13.8 Å². The number of nitrogens with zero attached hydrogens (tertiary/aromatic N) is 2. The molecule has 0 atom stereocenters. The molecule has 27 heavy (non-hydrogen) atoms. The first-order chi connectivity index (χ1) is 12.7. The highest BCUT2D eigenvalue weighted by atomic mass is 19.2. The van der Waals surface area contributed by atoms with Crippen LogP contribution in [0.15, 0.2) is 30.3 Å². The number of nitrogens with one attached hydrogen (secondary N) is 1. The van der Waals surface area contributed by atoms with Crippen molar-refractivity contribution in [3.8, 4) is 5.69 Å². The molecule has 3 aromatic rings. The molecule has 1 aromatic heterocycles. The van der Waals surface area contributed by atoms with Gasteiger partial charge in [0.1, 0.15) is 5.69 Å². The average molecular weight is 381 g/mol. The number of hydrogen-bond acceptors (Lipinski definition) is 2. The molecule has 0 radical (unpaired) electrons. The van der Waals surface area contributed by atoms with Crippen molar-refractivity contribution >= 4 is 11.6 Å². The second-order valence-corrected chi connectivity index (χ2v) is 5.69. The maximum atomic E-state index is 13.8. The third kappa shape index (κ3) is 3.05. The van der Waals surface area contributed by atoms with Gasteiger partial charge < -0.3 is 5.32 Å². The van der Waals surface area contributed by atoms with Crippen LogP contribution in [0.4, 0.5) is 27.6 Å². The van der Waals surface area contributed by atoms with Crippen molar-refractivity contribution in [3.05, 3.63) is 76.4 Å². The van der Waals surface area contributed by atoms with Crippen LogP contribution in [-0.2, 0) is 0 Å². The third-order valence-corrected chi connectivity index (χ3v) is 3.97. The van der Waals surface area contributed by atoms with E-state index in [-0.39, 0.29) is 11.3 Å². The highest BCUT2D eigenvalue weighted by molar-refractivity contribution is 6.06. The predicted molar refractivity (Wildman–Crippen MR) is 87.2 cm³/mol. The van der Waals surface area contributed by atoms with Crippen molar-refractivity contribution in [2.24, 2.45) is 0 Å². The lowest BCUT2D eigenvalue weighted by Crippen LogP contribution is -2.18. The number of benzene rings is 2. The molecular formula is C18H12F5N3O. The largest absolute Gasteiger partial charge is 0.317 e. The van der Waals surface area contributed by atoms with Gasteiger partial charge in [-0.25, -0.2) is 26.6 Å². The summed E-state index contributed by atoms with van der Waals surface area (Å²) < 4.78 is 68.8. The van der Waals surface area contributed by atoms with Crippen LogP contribution in [0.2, 0.25) is 0 Å². The molecule has 140 valence electrons. The molecule has 1 amide bonds. The summed E-state index contributed by atoms with van der Waals surface area (Å²) in [6, 6.07) is 8.74. The van der Waals surface area contributed by atoms with Crippen molar-refractivity contribution in [1.82, 2.24) is 9.78 Å². The Balaban J connectivity index is 2.03. The van der Waals surface area contributed by atoms with E-state index in [4.69, 9.17) is 0 Å². The van der Waals surface area contributed by atoms with E-state index in [1.807, 2.05) is 0 Å². The number of carbonyl (C=O) groups is 1. The van der Waals surface area contributed by atoms with Crippen LogP contribution in [-0.4, -0.2) is 15.7 Å². The lowest BCUT2D eigenvalue weighted by atomic mass is 10.1.